The van der Waals surface area contributed by atoms with Gasteiger partial charge in [0, 0.05) is 44.7 Å². The molecule has 1 unspecified atom stereocenters. The summed E-state index contributed by atoms with van der Waals surface area (Å²) in [6.07, 6.45) is 3.50. The van der Waals surface area contributed by atoms with E-state index < -0.39 is 0 Å². The zero-order valence-electron chi connectivity index (χ0n) is 16.9. The van der Waals surface area contributed by atoms with E-state index in [-0.39, 0.29) is 11.7 Å². The number of benzene rings is 1. The summed E-state index contributed by atoms with van der Waals surface area (Å²) >= 11 is 0. The Bertz CT molecular complexity index is 658. The van der Waals surface area contributed by atoms with Crippen LogP contribution in [0.3, 0.4) is 0 Å². The lowest BCUT2D eigenvalue weighted by molar-refractivity contribution is -0.133. The highest BCUT2D eigenvalue weighted by atomic mass is 16.5. The Kier molecular flexibility index (Phi) is 7.86. The average Bonchev–Trinajstić information content (AvgIpc) is 2.72. The van der Waals surface area contributed by atoms with Gasteiger partial charge in [-0.1, -0.05) is 12.1 Å². The molecule has 3 rings (SSSR count). The number of hydrogen-bond donors (Lipinski definition) is 0. The van der Waals surface area contributed by atoms with E-state index >= 15 is 0 Å². The van der Waals surface area contributed by atoms with Gasteiger partial charge < -0.3 is 14.4 Å². The quantitative estimate of drug-likeness (QED) is 0.506. The average molecular weight is 389 g/mol. The summed E-state index contributed by atoms with van der Waals surface area (Å²) in [6.45, 7) is 8.51. The fourth-order valence-corrected chi connectivity index (χ4v) is 3.97. The minimum Gasteiger partial charge on any atom is -0.494 e. The van der Waals surface area contributed by atoms with Gasteiger partial charge in [-0.05, 0) is 44.2 Å². The second-order valence-electron chi connectivity index (χ2n) is 7.80. The molecule has 0 bridgehead atoms. The zero-order valence-corrected chi connectivity index (χ0v) is 16.9. The first-order chi connectivity index (χ1) is 13.6. The number of piperidine rings is 1. The molecule has 2 saturated heterocycles. The Hall–Kier alpha value is -1.92. The fraction of sp³-hybridized carbons (Fsp3) is 0.636. The Morgan fingerprint density at radius 1 is 1.21 bits per heavy atom. The Labute approximate surface area is 167 Å². The van der Waals surface area contributed by atoms with Crippen molar-refractivity contribution in [3.63, 3.8) is 0 Å². The molecule has 0 aromatic heterocycles. The van der Waals surface area contributed by atoms with Crippen molar-refractivity contribution in [1.29, 1.82) is 0 Å². The van der Waals surface area contributed by atoms with Crippen LogP contribution in [-0.2, 0) is 9.53 Å². The lowest BCUT2D eigenvalue weighted by atomic mass is 9.97. The SMILES string of the molecule is CC(=O)c1cccc(OCCCC(=O)N2CCCC(CN3CCOCC3)C2)c1. The second-order valence-corrected chi connectivity index (χ2v) is 7.80. The standard InChI is InChI=1S/C22H32N2O4/c1-18(25)20-6-2-7-21(15-20)28-12-4-8-22(26)24-9-3-5-19(17-24)16-23-10-13-27-14-11-23/h2,6-7,15,19H,3-5,8-14,16-17H2,1H3. The molecule has 0 N–H and O–H groups in total. The van der Waals surface area contributed by atoms with Gasteiger partial charge in [-0.15, -0.1) is 0 Å². The van der Waals surface area contributed by atoms with Gasteiger partial charge in [-0.3, -0.25) is 14.5 Å². The molecule has 1 amide bonds. The summed E-state index contributed by atoms with van der Waals surface area (Å²) in [5, 5.41) is 0. The zero-order chi connectivity index (χ0) is 19.8. The third kappa shape index (κ3) is 6.31. The molecule has 1 aromatic carbocycles. The van der Waals surface area contributed by atoms with Crippen molar-refractivity contribution in [3.8, 4) is 5.75 Å². The summed E-state index contributed by atoms with van der Waals surface area (Å²) in [6, 6.07) is 7.20. The number of morpholine rings is 1. The van der Waals surface area contributed by atoms with Crippen LogP contribution in [0.5, 0.6) is 5.75 Å². The van der Waals surface area contributed by atoms with Crippen LogP contribution in [0.1, 0.15) is 43.0 Å². The maximum atomic E-state index is 12.6. The van der Waals surface area contributed by atoms with Crippen molar-refractivity contribution >= 4 is 11.7 Å². The summed E-state index contributed by atoms with van der Waals surface area (Å²) in [5.74, 6) is 1.51. The predicted molar refractivity (Wildman–Crippen MR) is 108 cm³/mol. The van der Waals surface area contributed by atoms with Crippen molar-refractivity contribution < 1.29 is 19.1 Å². The molecule has 2 heterocycles. The molecular weight excluding hydrogens is 356 g/mol. The van der Waals surface area contributed by atoms with Crippen LogP contribution in [0.2, 0.25) is 0 Å². The Morgan fingerprint density at radius 2 is 2.04 bits per heavy atom. The first kappa shape index (κ1) is 20.8. The number of amides is 1. The van der Waals surface area contributed by atoms with Gasteiger partial charge in [0.05, 0.1) is 19.8 Å². The van der Waals surface area contributed by atoms with Gasteiger partial charge in [-0.2, -0.15) is 0 Å². The Morgan fingerprint density at radius 3 is 2.82 bits per heavy atom. The van der Waals surface area contributed by atoms with Crippen LogP contribution >= 0.6 is 0 Å². The van der Waals surface area contributed by atoms with Crippen molar-refractivity contribution in [2.75, 3.05) is 52.5 Å². The van der Waals surface area contributed by atoms with E-state index in [0.717, 1.165) is 52.4 Å². The highest BCUT2D eigenvalue weighted by Crippen LogP contribution is 2.20. The van der Waals surface area contributed by atoms with E-state index in [1.165, 1.54) is 6.42 Å². The van der Waals surface area contributed by atoms with Crippen molar-refractivity contribution in [2.24, 2.45) is 5.92 Å². The van der Waals surface area contributed by atoms with E-state index in [1.807, 2.05) is 17.0 Å². The smallest absolute Gasteiger partial charge is 0.222 e. The molecule has 1 aromatic rings. The van der Waals surface area contributed by atoms with Gasteiger partial charge >= 0.3 is 0 Å². The molecule has 28 heavy (non-hydrogen) atoms. The maximum absolute atomic E-state index is 12.6. The highest BCUT2D eigenvalue weighted by Gasteiger charge is 2.25. The van der Waals surface area contributed by atoms with Gasteiger partial charge in [-0.25, -0.2) is 0 Å². The number of carbonyl (C=O) groups is 2. The van der Waals surface area contributed by atoms with E-state index in [2.05, 4.69) is 4.90 Å². The van der Waals surface area contributed by atoms with Crippen LogP contribution in [-0.4, -0.2) is 74.0 Å². The maximum Gasteiger partial charge on any atom is 0.222 e. The molecule has 154 valence electrons. The van der Waals surface area contributed by atoms with Gasteiger partial charge in [0.15, 0.2) is 5.78 Å². The topological polar surface area (TPSA) is 59.1 Å². The monoisotopic (exact) mass is 388 g/mol. The molecule has 2 fully saturated rings. The summed E-state index contributed by atoms with van der Waals surface area (Å²) in [4.78, 5) is 28.5. The molecule has 6 heteroatoms. The number of ether oxygens (including phenoxy) is 2. The summed E-state index contributed by atoms with van der Waals surface area (Å²) in [5.41, 5.74) is 0.646. The van der Waals surface area contributed by atoms with Gasteiger partial charge in [0.2, 0.25) is 5.91 Å². The third-order valence-corrected chi connectivity index (χ3v) is 5.54. The van der Waals surface area contributed by atoms with Crippen molar-refractivity contribution in [1.82, 2.24) is 9.80 Å². The first-order valence-corrected chi connectivity index (χ1v) is 10.4. The minimum atomic E-state index is 0.0253. The molecular formula is C22H32N2O4. The molecule has 6 nitrogen and oxygen atoms in total. The van der Waals surface area contributed by atoms with E-state index in [4.69, 9.17) is 9.47 Å². The molecule has 0 spiro atoms. The van der Waals surface area contributed by atoms with Crippen LogP contribution in [0.15, 0.2) is 24.3 Å². The third-order valence-electron chi connectivity index (χ3n) is 5.54. The molecule has 2 aliphatic rings. The van der Waals surface area contributed by atoms with Crippen LogP contribution in [0.25, 0.3) is 0 Å². The Balaban J connectivity index is 1.37. The lowest BCUT2D eigenvalue weighted by Crippen LogP contribution is -2.46. The molecule has 0 saturated carbocycles. The number of carbonyl (C=O) groups excluding carboxylic acids is 2. The first-order valence-electron chi connectivity index (χ1n) is 10.4. The molecule has 1 atom stereocenters. The fourth-order valence-electron chi connectivity index (χ4n) is 3.97. The highest BCUT2D eigenvalue weighted by molar-refractivity contribution is 5.94. The number of likely N-dealkylation sites (tertiary alicyclic amines) is 1. The van der Waals surface area contributed by atoms with E-state index in [1.54, 1.807) is 19.1 Å². The molecule has 2 aliphatic heterocycles. The molecule has 0 radical (unpaired) electrons. The second kappa shape index (κ2) is 10.6. The van der Waals surface area contributed by atoms with E-state index in [9.17, 15) is 9.59 Å². The molecule has 0 aliphatic carbocycles. The number of rotatable bonds is 8. The largest absolute Gasteiger partial charge is 0.494 e. The van der Waals surface area contributed by atoms with Gasteiger partial charge in [0.25, 0.3) is 0 Å². The lowest BCUT2D eigenvalue weighted by Gasteiger charge is -2.36. The normalized spacial score (nSPS) is 20.8. The van der Waals surface area contributed by atoms with E-state index in [0.29, 0.717) is 36.7 Å². The predicted octanol–water partition coefficient (Wildman–Crippen LogP) is 2.62. The number of nitrogens with zero attached hydrogens (tertiary/aromatic N) is 2. The summed E-state index contributed by atoms with van der Waals surface area (Å²) < 4.78 is 11.1. The number of Topliss-reactive ketones (excluding diaryl/α,β-unsaturated/α-hetero) is 1. The number of hydrogen-bond acceptors (Lipinski definition) is 5. The van der Waals surface area contributed by atoms with Crippen molar-refractivity contribution in [2.45, 2.75) is 32.6 Å². The number of ketones is 1. The van der Waals surface area contributed by atoms with Crippen LogP contribution in [0, 0.1) is 5.92 Å². The van der Waals surface area contributed by atoms with Crippen LogP contribution < -0.4 is 4.74 Å². The van der Waals surface area contributed by atoms with Crippen LogP contribution in [0.4, 0.5) is 0 Å². The summed E-state index contributed by atoms with van der Waals surface area (Å²) in [7, 11) is 0. The van der Waals surface area contributed by atoms with Gasteiger partial charge in [0.1, 0.15) is 5.75 Å². The minimum absolute atomic E-state index is 0.0253. The van der Waals surface area contributed by atoms with Crippen molar-refractivity contribution in [3.05, 3.63) is 29.8 Å².